The smallest absolute Gasteiger partial charge is 0.213 e. The highest BCUT2D eigenvalue weighted by Gasteiger charge is 2.08. The SMILES string of the molecule is CC(Cc1nc(=S)[nH][nH]1)c1cc[nH]c1. The summed E-state index contributed by atoms with van der Waals surface area (Å²) >= 11 is 4.88. The normalized spacial score (nSPS) is 12.9. The van der Waals surface area contributed by atoms with Crippen molar-refractivity contribution >= 4 is 12.2 Å². The minimum atomic E-state index is 0.440. The second-order valence-electron chi connectivity index (χ2n) is 3.36. The summed E-state index contributed by atoms with van der Waals surface area (Å²) in [6, 6.07) is 2.08. The zero-order valence-corrected chi connectivity index (χ0v) is 8.69. The van der Waals surface area contributed by atoms with E-state index in [-0.39, 0.29) is 0 Å². The van der Waals surface area contributed by atoms with Gasteiger partial charge in [-0.15, -0.1) is 0 Å². The summed E-state index contributed by atoms with van der Waals surface area (Å²) in [6.45, 7) is 2.16. The number of hydrogen-bond donors (Lipinski definition) is 3. The Morgan fingerprint density at radius 1 is 1.50 bits per heavy atom. The van der Waals surface area contributed by atoms with Gasteiger partial charge in [-0.05, 0) is 29.8 Å². The summed E-state index contributed by atoms with van der Waals surface area (Å²) in [5.41, 5.74) is 1.28. The fraction of sp³-hybridized carbons (Fsp3) is 0.333. The van der Waals surface area contributed by atoms with Crippen LogP contribution in [-0.2, 0) is 6.42 Å². The average Bonchev–Trinajstić information content (AvgIpc) is 2.75. The van der Waals surface area contributed by atoms with Crippen LogP contribution in [0.25, 0.3) is 0 Å². The maximum absolute atomic E-state index is 4.88. The van der Waals surface area contributed by atoms with Gasteiger partial charge in [0.1, 0.15) is 5.82 Å². The number of aromatic amines is 3. The van der Waals surface area contributed by atoms with Gasteiger partial charge in [0.2, 0.25) is 4.77 Å². The van der Waals surface area contributed by atoms with E-state index in [0.29, 0.717) is 10.7 Å². The Labute approximate surface area is 86.8 Å². The van der Waals surface area contributed by atoms with Crippen LogP contribution in [0.3, 0.4) is 0 Å². The molecule has 1 unspecified atom stereocenters. The lowest BCUT2D eigenvalue weighted by molar-refractivity contribution is 0.721. The van der Waals surface area contributed by atoms with E-state index in [1.807, 2.05) is 12.4 Å². The molecule has 0 saturated carbocycles. The monoisotopic (exact) mass is 208 g/mol. The van der Waals surface area contributed by atoms with Crippen LogP contribution >= 0.6 is 12.2 Å². The molecule has 0 bridgehead atoms. The molecule has 2 rings (SSSR count). The molecule has 0 radical (unpaired) electrons. The Morgan fingerprint density at radius 2 is 2.36 bits per heavy atom. The van der Waals surface area contributed by atoms with Crippen LogP contribution in [0.5, 0.6) is 0 Å². The van der Waals surface area contributed by atoms with Crippen molar-refractivity contribution in [3.63, 3.8) is 0 Å². The standard InChI is InChI=1S/C9H12N4S/c1-6(7-2-3-10-5-7)4-8-11-9(14)13-12-8/h2-3,5-6,10H,4H2,1H3,(H2,11,12,13,14). The van der Waals surface area contributed by atoms with Gasteiger partial charge < -0.3 is 4.98 Å². The van der Waals surface area contributed by atoms with Gasteiger partial charge in [0, 0.05) is 18.8 Å². The molecule has 2 aromatic rings. The first kappa shape index (κ1) is 9.21. The van der Waals surface area contributed by atoms with Crippen LogP contribution in [0, 0.1) is 4.77 Å². The molecule has 0 saturated heterocycles. The summed E-state index contributed by atoms with van der Waals surface area (Å²) in [7, 11) is 0. The van der Waals surface area contributed by atoms with Crippen molar-refractivity contribution in [3.8, 4) is 0 Å². The third kappa shape index (κ3) is 1.93. The van der Waals surface area contributed by atoms with E-state index >= 15 is 0 Å². The van der Waals surface area contributed by atoms with Crippen LogP contribution in [0.15, 0.2) is 18.5 Å². The van der Waals surface area contributed by atoms with E-state index < -0.39 is 0 Å². The molecule has 0 aromatic carbocycles. The molecule has 0 aliphatic heterocycles. The molecule has 4 nitrogen and oxygen atoms in total. The molecule has 0 aliphatic rings. The largest absolute Gasteiger partial charge is 0.367 e. The molecule has 2 aromatic heterocycles. The highest BCUT2D eigenvalue weighted by Crippen LogP contribution is 2.17. The molecule has 3 N–H and O–H groups in total. The van der Waals surface area contributed by atoms with Gasteiger partial charge in [-0.25, -0.2) is 4.98 Å². The number of nitrogens with one attached hydrogen (secondary N) is 3. The average molecular weight is 208 g/mol. The van der Waals surface area contributed by atoms with Crippen molar-refractivity contribution in [3.05, 3.63) is 34.6 Å². The summed E-state index contributed by atoms with van der Waals surface area (Å²) in [6.07, 6.45) is 4.80. The van der Waals surface area contributed by atoms with Crippen molar-refractivity contribution in [1.82, 2.24) is 20.2 Å². The summed E-state index contributed by atoms with van der Waals surface area (Å²) in [5.74, 6) is 1.35. The number of nitrogens with zero attached hydrogens (tertiary/aromatic N) is 1. The van der Waals surface area contributed by atoms with E-state index in [4.69, 9.17) is 12.2 Å². The molecule has 2 heterocycles. The van der Waals surface area contributed by atoms with Gasteiger partial charge in [0.25, 0.3) is 0 Å². The van der Waals surface area contributed by atoms with E-state index in [1.54, 1.807) is 0 Å². The lowest BCUT2D eigenvalue weighted by Gasteiger charge is -2.05. The Kier molecular flexibility index (Phi) is 2.49. The van der Waals surface area contributed by atoms with Gasteiger partial charge in [-0.3, -0.25) is 10.2 Å². The van der Waals surface area contributed by atoms with Crippen molar-refractivity contribution in [1.29, 1.82) is 0 Å². The number of rotatable bonds is 3. The predicted molar refractivity (Wildman–Crippen MR) is 56.7 cm³/mol. The Bertz CT molecular complexity index is 439. The molecule has 0 amide bonds. The number of aromatic nitrogens is 4. The minimum absolute atomic E-state index is 0.440. The molecular weight excluding hydrogens is 196 g/mol. The van der Waals surface area contributed by atoms with Crippen LogP contribution in [0.4, 0.5) is 0 Å². The van der Waals surface area contributed by atoms with Crippen LogP contribution < -0.4 is 0 Å². The lowest BCUT2D eigenvalue weighted by Crippen LogP contribution is -1.98. The van der Waals surface area contributed by atoms with Crippen molar-refractivity contribution in [2.75, 3.05) is 0 Å². The summed E-state index contributed by atoms with van der Waals surface area (Å²) in [4.78, 5) is 7.20. The second kappa shape index (κ2) is 3.79. The highest BCUT2D eigenvalue weighted by atomic mass is 32.1. The lowest BCUT2D eigenvalue weighted by atomic mass is 10.0. The third-order valence-electron chi connectivity index (χ3n) is 2.24. The molecule has 0 spiro atoms. The van der Waals surface area contributed by atoms with Crippen molar-refractivity contribution in [2.24, 2.45) is 0 Å². The summed E-state index contributed by atoms with van der Waals surface area (Å²) < 4.78 is 0.515. The fourth-order valence-corrected chi connectivity index (χ4v) is 1.61. The maximum Gasteiger partial charge on any atom is 0.213 e. The highest BCUT2D eigenvalue weighted by molar-refractivity contribution is 7.71. The molecule has 0 aliphatic carbocycles. The second-order valence-corrected chi connectivity index (χ2v) is 3.75. The molecule has 1 atom stereocenters. The Morgan fingerprint density at radius 3 is 2.93 bits per heavy atom. The topological polar surface area (TPSA) is 60.3 Å². The van der Waals surface area contributed by atoms with Gasteiger partial charge in [0.15, 0.2) is 0 Å². The maximum atomic E-state index is 4.88. The molecular formula is C9H12N4S. The van der Waals surface area contributed by atoms with E-state index in [9.17, 15) is 0 Å². The zero-order valence-electron chi connectivity index (χ0n) is 7.87. The van der Waals surface area contributed by atoms with E-state index in [2.05, 4.69) is 33.2 Å². The van der Waals surface area contributed by atoms with E-state index in [1.165, 1.54) is 5.56 Å². The molecule has 74 valence electrons. The van der Waals surface area contributed by atoms with Crippen LogP contribution in [0.1, 0.15) is 24.2 Å². The molecule has 0 fully saturated rings. The minimum Gasteiger partial charge on any atom is -0.367 e. The van der Waals surface area contributed by atoms with Gasteiger partial charge in [-0.1, -0.05) is 6.92 Å². The molecule has 14 heavy (non-hydrogen) atoms. The third-order valence-corrected chi connectivity index (χ3v) is 2.43. The predicted octanol–water partition coefficient (Wildman–Crippen LogP) is 2.14. The first-order valence-corrected chi connectivity index (χ1v) is 4.93. The summed E-state index contributed by atoms with van der Waals surface area (Å²) in [5, 5.41) is 5.74. The van der Waals surface area contributed by atoms with Gasteiger partial charge >= 0.3 is 0 Å². The number of H-pyrrole nitrogens is 3. The van der Waals surface area contributed by atoms with Crippen molar-refractivity contribution in [2.45, 2.75) is 19.3 Å². The van der Waals surface area contributed by atoms with Crippen molar-refractivity contribution < 1.29 is 0 Å². The van der Waals surface area contributed by atoms with E-state index in [0.717, 1.165) is 12.2 Å². The quantitative estimate of drug-likeness (QED) is 0.677. The Hall–Kier alpha value is -1.36. The first-order valence-electron chi connectivity index (χ1n) is 4.52. The zero-order chi connectivity index (χ0) is 9.97. The van der Waals surface area contributed by atoms with Gasteiger partial charge in [-0.2, -0.15) is 0 Å². The van der Waals surface area contributed by atoms with Gasteiger partial charge in [0.05, 0.1) is 0 Å². The van der Waals surface area contributed by atoms with Crippen LogP contribution in [-0.4, -0.2) is 20.2 Å². The Balaban J connectivity index is 2.08. The first-order chi connectivity index (χ1) is 6.75. The fourth-order valence-electron chi connectivity index (χ4n) is 1.45. The molecule has 5 heteroatoms. The van der Waals surface area contributed by atoms with Crippen LogP contribution in [0.2, 0.25) is 0 Å². The number of hydrogen-bond acceptors (Lipinski definition) is 2.